The van der Waals surface area contributed by atoms with Gasteiger partial charge < -0.3 is 22.9 Å². The van der Waals surface area contributed by atoms with Gasteiger partial charge in [0.15, 0.2) is 0 Å². The van der Waals surface area contributed by atoms with Gasteiger partial charge in [0, 0.05) is 25.7 Å². The molecule has 4 rings (SSSR count). The van der Waals surface area contributed by atoms with Crippen molar-refractivity contribution in [2.75, 3.05) is 5.32 Å². The number of halogens is 2. The van der Waals surface area contributed by atoms with Gasteiger partial charge in [-0.15, -0.1) is 11.3 Å². The molecule has 0 fully saturated rings. The first kappa shape index (κ1) is 29.9. The molecule has 0 saturated heterocycles. The summed E-state index contributed by atoms with van der Waals surface area (Å²) in [6.45, 7) is 3.72. The van der Waals surface area contributed by atoms with Gasteiger partial charge in [0.1, 0.15) is 5.00 Å². The Kier molecular flexibility index (Phi) is 9.52. The summed E-state index contributed by atoms with van der Waals surface area (Å²) in [6.07, 6.45) is 1.71. The van der Waals surface area contributed by atoms with E-state index in [0.29, 0.717) is 31.2 Å². The third-order valence-corrected chi connectivity index (χ3v) is 8.23. The Morgan fingerprint density at radius 2 is 1.41 bits per heavy atom. The molecule has 39 heavy (non-hydrogen) atoms. The lowest BCUT2D eigenvalue weighted by molar-refractivity contribution is -0.114. The summed E-state index contributed by atoms with van der Waals surface area (Å²) < 4.78 is 0. The van der Waals surface area contributed by atoms with Crippen LogP contribution in [-0.2, 0) is 4.79 Å². The van der Waals surface area contributed by atoms with Crippen LogP contribution in [0, 0.1) is 12.8 Å². The van der Waals surface area contributed by atoms with Crippen LogP contribution in [0.5, 0.6) is 0 Å². The number of nitrogens with one attached hydrogen (secondary N) is 1. The summed E-state index contributed by atoms with van der Waals surface area (Å²) in [6, 6.07) is 13.8. The zero-order valence-corrected chi connectivity index (χ0v) is 24.0. The summed E-state index contributed by atoms with van der Waals surface area (Å²) in [5.74, 6) is -1.22. The standard InChI is InChI=1S/C14H13ClN2OS.C13H12ClN3O2S/c1-7-10(8-2-4-9(15)5-3-8)6-11(14(17)18)12(16)13(7)19;1-6-9(11(15)18)12(17-13(16)19)20-10(6)7-2-4-8(14)5-3-7/h2-7H,16H2,1H3,(H2,17,18);2-5H,1H3,(H2,15,18)(H3,16,17,19). The van der Waals surface area contributed by atoms with E-state index in [4.69, 9.17) is 58.4 Å². The molecule has 1 atom stereocenters. The molecular weight excluding hydrogens is 577 g/mol. The average molecular weight is 603 g/mol. The molecule has 0 saturated carbocycles. The normalized spacial score (nSPS) is 14.7. The van der Waals surface area contributed by atoms with Crippen molar-refractivity contribution in [2.45, 2.75) is 13.8 Å². The highest BCUT2D eigenvalue weighted by Crippen LogP contribution is 2.40. The van der Waals surface area contributed by atoms with E-state index < -0.39 is 17.8 Å². The summed E-state index contributed by atoms with van der Waals surface area (Å²) in [5.41, 5.74) is 25.9. The van der Waals surface area contributed by atoms with Crippen LogP contribution in [0.2, 0.25) is 10.0 Å². The number of anilines is 1. The van der Waals surface area contributed by atoms with Crippen LogP contribution in [0.25, 0.3) is 16.0 Å². The molecule has 0 bridgehead atoms. The summed E-state index contributed by atoms with van der Waals surface area (Å²) >= 11 is 18.3. The lowest BCUT2D eigenvalue weighted by atomic mass is 9.83. The number of carbonyl (C=O) groups excluding carboxylic acids is 3. The molecule has 1 heterocycles. The lowest BCUT2D eigenvalue weighted by Gasteiger charge is -2.24. The number of nitrogens with two attached hydrogens (primary N) is 4. The second kappa shape index (κ2) is 12.4. The highest BCUT2D eigenvalue weighted by atomic mass is 35.5. The third kappa shape index (κ3) is 6.85. The van der Waals surface area contributed by atoms with Gasteiger partial charge in [-0.3, -0.25) is 14.9 Å². The molecule has 202 valence electrons. The van der Waals surface area contributed by atoms with Crippen molar-refractivity contribution in [1.29, 1.82) is 0 Å². The van der Waals surface area contributed by atoms with Crippen molar-refractivity contribution in [1.82, 2.24) is 0 Å². The quantitative estimate of drug-likeness (QED) is 0.246. The Balaban J connectivity index is 0.000000216. The molecule has 1 aliphatic rings. The number of amides is 4. The van der Waals surface area contributed by atoms with Crippen LogP contribution in [0.3, 0.4) is 0 Å². The molecule has 4 amide bonds. The number of thiophene rings is 1. The molecule has 1 aliphatic carbocycles. The Labute approximate surface area is 244 Å². The molecule has 0 aliphatic heterocycles. The van der Waals surface area contributed by atoms with Crippen LogP contribution in [-0.4, -0.2) is 22.7 Å². The molecule has 2 aromatic carbocycles. The summed E-state index contributed by atoms with van der Waals surface area (Å²) in [7, 11) is 0. The van der Waals surface area contributed by atoms with Crippen LogP contribution < -0.4 is 28.3 Å². The van der Waals surface area contributed by atoms with Crippen molar-refractivity contribution >= 4 is 80.0 Å². The highest BCUT2D eigenvalue weighted by molar-refractivity contribution is 7.81. The van der Waals surface area contributed by atoms with E-state index in [1.165, 1.54) is 11.3 Å². The highest BCUT2D eigenvalue weighted by Gasteiger charge is 2.26. The molecule has 12 heteroatoms. The van der Waals surface area contributed by atoms with Crippen molar-refractivity contribution in [2.24, 2.45) is 28.9 Å². The van der Waals surface area contributed by atoms with E-state index in [2.05, 4.69) is 5.32 Å². The van der Waals surface area contributed by atoms with Crippen molar-refractivity contribution in [3.05, 3.63) is 92.6 Å². The maximum Gasteiger partial charge on any atom is 0.317 e. The minimum absolute atomic E-state index is 0.0423. The van der Waals surface area contributed by atoms with E-state index in [1.807, 2.05) is 31.2 Å². The van der Waals surface area contributed by atoms with E-state index >= 15 is 0 Å². The summed E-state index contributed by atoms with van der Waals surface area (Å²) in [5, 5.41) is 4.05. The van der Waals surface area contributed by atoms with Gasteiger partial charge in [0.2, 0.25) is 0 Å². The third-order valence-electron chi connectivity index (χ3n) is 5.89. The predicted octanol–water partition coefficient (Wildman–Crippen LogP) is 5.41. The monoisotopic (exact) mass is 601 g/mol. The number of rotatable bonds is 5. The molecule has 1 aromatic heterocycles. The number of hydrogen-bond donors (Lipinski definition) is 5. The number of urea groups is 1. The Hall–Kier alpha value is -3.70. The van der Waals surface area contributed by atoms with Gasteiger partial charge in [0.05, 0.1) is 16.8 Å². The van der Waals surface area contributed by atoms with E-state index in [9.17, 15) is 14.4 Å². The smallest absolute Gasteiger partial charge is 0.317 e. The van der Waals surface area contributed by atoms with Gasteiger partial charge in [-0.2, -0.15) is 0 Å². The fraction of sp³-hybridized carbons (Fsp3) is 0.111. The molecule has 1 unspecified atom stereocenters. The SMILES string of the molecule is CC1C(=S)C(N)=C(C(N)=O)C=C1c1ccc(Cl)cc1.Cc1c(-c2ccc(Cl)cc2)sc(NC(N)=O)c1C(N)=O. The minimum atomic E-state index is -0.739. The number of hydrogen-bond acceptors (Lipinski definition) is 6. The predicted molar refractivity (Wildman–Crippen MR) is 163 cm³/mol. The van der Waals surface area contributed by atoms with E-state index in [-0.39, 0.29) is 17.1 Å². The zero-order valence-electron chi connectivity index (χ0n) is 20.9. The molecule has 0 spiro atoms. The van der Waals surface area contributed by atoms with Gasteiger partial charge in [0.25, 0.3) is 11.8 Å². The average Bonchev–Trinajstić information content (AvgIpc) is 3.19. The second-order valence-electron chi connectivity index (χ2n) is 8.50. The lowest BCUT2D eigenvalue weighted by Crippen LogP contribution is -2.28. The van der Waals surface area contributed by atoms with Crippen molar-refractivity contribution in [3.63, 3.8) is 0 Å². The van der Waals surface area contributed by atoms with Crippen LogP contribution >= 0.6 is 46.8 Å². The number of allylic oxidation sites excluding steroid dienone is 2. The first-order valence-corrected chi connectivity index (χ1v) is 13.4. The van der Waals surface area contributed by atoms with E-state index in [1.54, 1.807) is 37.3 Å². The molecule has 9 N–H and O–H groups in total. The molecular formula is C27H25Cl2N5O3S2. The maximum absolute atomic E-state index is 11.5. The van der Waals surface area contributed by atoms with Gasteiger partial charge in [-0.05, 0) is 59.5 Å². The Morgan fingerprint density at radius 1 is 0.897 bits per heavy atom. The van der Waals surface area contributed by atoms with Gasteiger partial charge in [-0.25, -0.2) is 4.79 Å². The molecule has 3 aromatic rings. The fourth-order valence-electron chi connectivity index (χ4n) is 3.93. The van der Waals surface area contributed by atoms with Crippen LogP contribution in [0.4, 0.5) is 9.80 Å². The van der Waals surface area contributed by atoms with Crippen molar-refractivity contribution in [3.8, 4) is 10.4 Å². The van der Waals surface area contributed by atoms with Crippen LogP contribution in [0.1, 0.15) is 28.4 Å². The topological polar surface area (TPSA) is 167 Å². The largest absolute Gasteiger partial charge is 0.397 e. The maximum atomic E-state index is 11.5. The number of primary amides is 3. The zero-order chi connectivity index (χ0) is 29.0. The van der Waals surface area contributed by atoms with E-state index in [0.717, 1.165) is 21.6 Å². The number of benzene rings is 2. The second-order valence-corrected chi connectivity index (χ2v) is 10.8. The van der Waals surface area contributed by atoms with Gasteiger partial charge in [-0.1, -0.05) is 66.6 Å². The fourth-order valence-corrected chi connectivity index (χ4v) is 5.64. The first-order chi connectivity index (χ1) is 18.3. The first-order valence-electron chi connectivity index (χ1n) is 11.4. The summed E-state index contributed by atoms with van der Waals surface area (Å²) in [4.78, 5) is 35.3. The Bertz CT molecular complexity index is 1530. The minimum Gasteiger partial charge on any atom is -0.397 e. The number of carbonyl (C=O) groups is 3. The molecule has 8 nitrogen and oxygen atoms in total. The number of thiocarbonyl (C=S) groups is 1. The Morgan fingerprint density at radius 3 is 1.87 bits per heavy atom. The van der Waals surface area contributed by atoms with Gasteiger partial charge >= 0.3 is 6.03 Å². The molecule has 0 radical (unpaired) electrons. The van der Waals surface area contributed by atoms with Crippen LogP contribution in [0.15, 0.2) is 65.9 Å². The van der Waals surface area contributed by atoms with Crippen molar-refractivity contribution < 1.29 is 14.4 Å².